The molecule has 0 saturated heterocycles. The van der Waals surface area contributed by atoms with Crippen molar-refractivity contribution in [2.45, 2.75) is 18.4 Å². The van der Waals surface area contributed by atoms with Gasteiger partial charge in [-0.05, 0) is 37.1 Å². The summed E-state index contributed by atoms with van der Waals surface area (Å²) in [5.41, 5.74) is 0.0154. The Bertz CT molecular complexity index is 349. The highest BCUT2D eigenvalue weighted by molar-refractivity contribution is 9.10. The number of methoxy groups -OCH3 is 1. The average molecular weight is 300 g/mol. The third kappa shape index (κ3) is 3.98. The van der Waals surface area contributed by atoms with E-state index < -0.39 is 0 Å². The molecule has 1 aliphatic rings. The van der Waals surface area contributed by atoms with E-state index in [2.05, 4.69) is 21.2 Å². The van der Waals surface area contributed by atoms with Crippen LogP contribution in [-0.4, -0.2) is 32.4 Å². The minimum atomic E-state index is 0.0154. The second-order valence-corrected chi connectivity index (χ2v) is 5.32. The number of ether oxygens (including phenoxy) is 2. The van der Waals surface area contributed by atoms with Gasteiger partial charge in [-0.1, -0.05) is 15.9 Å². The molecule has 0 amide bonds. The Morgan fingerprint density at radius 3 is 2.59 bits per heavy atom. The van der Waals surface area contributed by atoms with Crippen LogP contribution in [0.3, 0.4) is 0 Å². The van der Waals surface area contributed by atoms with Gasteiger partial charge in [0.15, 0.2) is 0 Å². The molecule has 0 unspecified atom stereocenters. The Balaban J connectivity index is 1.79. The van der Waals surface area contributed by atoms with Gasteiger partial charge in [0, 0.05) is 24.7 Å². The largest absolute Gasteiger partial charge is 0.486 e. The fourth-order valence-corrected chi connectivity index (χ4v) is 1.96. The predicted octanol–water partition coefficient (Wildman–Crippen LogP) is 2.60. The first-order chi connectivity index (χ1) is 8.24. The molecule has 2 rings (SSSR count). The Labute approximate surface area is 111 Å². The van der Waals surface area contributed by atoms with Gasteiger partial charge in [-0.3, -0.25) is 0 Å². The van der Waals surface area contributed by atoms with Gasteiger partial charge < -0.3 is 14.8 Å². The lowest BCUT2D eigenvalue weighted by atomic mass is 10.3. The average Bonchev–Trinajstić information content (AvgIpc) is 3.08. The van der Waals surface area contributed by atoms with Crippen LogP contribution < -0.4 is 10.1 Å². The normalized spacial score (nSPS) is 16.8. The Kier molecular flexibility index (Phi) is 4.42. The van der Waals surface area contributed by atoms with Crippen molar-refractivity contribution in [1.29, 1.82) is 0 Å². The van der Waals surface area contributed by atoms with Crippen LogP contribution in [0.15, 0.2) is 28.7 Å². The van der Waals surface area contributed by atoms with Crippen molar-refractivity contribution >= 4 is 15.9 Å². The summed E-state index contributed by atoms with van der Waals surface area (Å²) < 4.78 is 12.1. The summed E-state index contributed by atoms with van der Waals surface area (Å²) in [5, 5.41) is 3.36. The first-order valence-corrected chi connectivity index (χ1v) is 6.68. The molecule has 94 valence electrons. The molecule has 3 nitrogen and oxygen atoms in total. The van der Waals surface area contributed by atoms with E-state index in [0.717, 1.165) is 42.8 Å². The van der Waals surface area contributed by atoms with Gasteiger partial charge in [-0.25, -0.2) is 0 Å². The molecule has 1 saturated carbocycles. The number of benzene rings is 1. The summed E-state index contributed by atoms with van der Waals surface area (Å²) in [4.78, 5) is 0. The summed E-state index contributed by atoms with van der Waals surface area (Å²) in [5.74, 6) is 0.944. The summed E-state index contributed by atoms with van der Waals surface area (Å²) in [7, 11) is 1.72. The van der Waals surface area contributed by atoms with Crippen LogP contribution in [0.2, 0.25) is 0 Å². The number of hydrogen-bond acceptors (Lipinski definition) is 3. The molecule has 1 aromatic carbocycles. The van der Waals surface area contributed by atoms with E-state index in [1.807, 2.05) is 24.3 Å². The number of nitrogens with one attached hydrogen (secondary N) is 1. The van der Waals surface area contributed by atoms with Gasteiger partial charge in [0.05, 0.1) is 6.61 Å². The molecule has 1 N–H and O–H groups in total. The Hall–Kier alpha value is -0.580. The van der Waals surface area contributed by atoms with Gasteiger partial charge in [-0.15, -0.1) is 0 Å². The van der Waals surface area contributed by atoms with Crippen LogP contribution in [0.1, 0.15) is 12.8 Å². The highest BCUT2D eigenvalue weighted by atomic mass is 79.9. The molecule has 1 fully saturated rings. The van der Waals surface area contributed by atoms with E-state index in [-0.39, 0.29) is 5.60 Å². The maximum Gasteiger partial charge on any atom is 0.122 e. The van der Waals surface area contributed by atoms with Crippen molar-refractivity contribution in [3.8, 4) is 5.75 Å². The molecule has 0 bridgehead atoms. The zero-order chi connectivity index (χ0) is 12.1. The molecule has 0 aliphatic heterocycles. The SMILES string of the molecule is COCCNCC1(Oc2ccc(Br)cc2)CC1. The van der Waals surface area contributed by atoms with Crippen molar-refractivity contribution in [3.05, 3.63) is 28.7 Å². The third-order valence-electron chi connectivity index (χ3n) is 2.89. The standard InChI is InChI=1S/C13H18BrNO2/c1-16-9-8-15-10-13(6-7-13)17-12-4-2-11(14)3-5-12/h2-5,15H,6-10H2,1H3. The maximum atomic E-state index is 6.02. The van der Waals surface area contributed by atoms with E-state index in [1.54, 1.807) is 7.11 Å². The smallest absolute Gasteiger partial charge is 0.122 e. The van der Waals surface area contributed by atoms with Gasteiger partial charge in [0.25, 0.3) is 0 Å². The predicted molar refractivity (Wildman–Crippen MR) is 71.5 cm³/mol. The van der Waals surface area contributed by atoms with Gasteiger partial charge in [0.2, 0.25) is 0 Å². The van der Waals surface area contributed by atoms with Crippen molar-refractivity contribution in [2.75, 3.05) is 26.8 Å². The topological polar surface area (TPSA) is 30.5 Å². The molecular weight excluding hydrogens is 282 g/mol. The minimum absolute atomic E-state index is 0.0154. The second-order valence-electron chi connectivity index (χ2n) is 4.41. The van der Waals surface area contributed by atoms with E-state index in [9.17, 15) is 0 Å². The fourth-order valence-electron chi connectivity index (χ4n) is 1.70. The highest BCUT2D eigenvalue weighted by Gasteiger charge is 2.45. The monoisotopic (exact) mass is 299 g/mol. The summed E-state index contributed by atoms with van der Waals surface area (Å²) in [6, 6.07) is 8.01. The van der Waals surface area contributed by atoms with E-state index in [0.29, 0.717) is 0 Å². The molecule has 0 atom stereocenters. The van der Waals surface area contributed by atoms with Crippen LogP contribution in [-0.2, 0) is 4.74 Å². The second kappa shape index (κ2) is 5.85. The lowest BCUT2D eigenvalue weighted by Gasteiger charge is -2.18. The lowest BCUT2D eigenvalue weighted by Crippen LogP contribution is -2.34. The molecule has 0 radical (unpaired) electrons. The number of hydrogen-bond donors (Lipinski definition) is 1. The minimum Gasteiger partial charge on any atom is -0.486 e. The van der Waals surface area contributed by atoms with E-state index in [4.69, 9.17) is 9.47 Å². The van der Waals surface area contributed by atoms with Crippen LogP contribution >= 0.6 is 15.9 Å². The van der Waals surface area contributed by atoms with E-state index >= 15 is 0 Å². The van der Waals surface area contributed by atoms with Crippen molar-refractivity contribution in [3.63, 3.8) is 0 Å². The zero-order valence-electron chi connectivity index (χ0n) is 10.0. The van der Waals surface area contributed by atoms with Gasteiger partial charge >= 0.3 is 0 Å². The fraction of sp³-hybridized carbons (Fsp3) is 0.538. The molecule has 0 heterocycles. The molecule has 4 heteroatoms. The Morgan fingerprint density at radius 2 is 2.00 bits per heavy atom. The molecule has 17 heavy (non-hydrogen) atoms. The molecule has 0 spiro atoms. The third-order valence-corrected chi connectivity index (χ3v) is 3.41. The molecule has 1 aromatic rings. The Morgan fingerprint density at radius 1 is 1.29 bits per heavy atom. The summed E-state index contributed by atoms with van der Waals surface area (Å²) in [6.07, 6.45) is 2.26. The van der Waals surface area contributed by atoms with Crippen LogP contribution in [0, 0.1) is 0 Å². The van der Waals surface area contributed by atoms with Gasteiger partial charge in [-0.2, -0.15) is 0 Å². The van der Waals surface area contributed by atoms with Crippen molar-refractivity contribution in [2.24, 2.45) is 0 Å². The van der Waals surface area contributed by atoms with Crippen LogP contribution in [0.4, 0.5) is 0 Å². The quantitative estimate of drug-likeness (QED) is 0.785. The summed E-state index contributed by atoms with van der Waals surface area (Å²) >= 11 is 3.42. The van der Waals surface area contributed by atoms with E-state index in [1.165, 1.54) is 0 Å². The van der Waals surface area contributed by atoms with Crippen LogP contribution in [0.5, 0.6) is 5.75 Å². The first kappa shape index (κ1) is 12.9. The van der Waals surface area contributed by atoms with Crippen molar-refractivity contribution in [1.82, 2.24) is 5.32 Å². The maximum absolute atomic E-state index is 6.02. The highest BCUT2D eigenvalue weighted by Crippen LogP contribution is 2.39. The van der Waals surface area contributed by atoms with Gasteiger partial charge in [0.1, 0.15) is 11.4 Å². The van der Waals surface area contributed by atoms with Crippen molar-refractivity contribution < 1.29 is 9.47 Å². The number of halogens is 1. The molecule has 1 aliphatic carbocycles. The zero-order valence-corrected chi connectivity index (χ0v) is 11.6. The lowest BCUT2D eigenvalue weighted by molar-refractivity contribution is 0.162. The summed E-state index contributed by atoms with van der Waals surface area (Å²) in [6.45, 7) is 2.52. The first-order valence-electron chi connectivity index (χ1n) is 5.88. The van der Waals surface area contributed by atoms with Crippen LogP contribution in [0.25, 0.3) is 0 Å². The molecular formula is C13H18BrNO2. The number of rotatable bonds is 7. The molecule has 0 aromatic heterocycles.